The minimum absolute atomic E-state index is 0.00639. The molecule has 1 aliphatic rings. The summed E-state index contributed by atoms with van der Waals surface area (Å²) in [5.41, 5.74) is 0.523. The van der Waals surface area contributed by atoms with Crippen LogP contribution in [-0.2, 0) is 20.7 Å². The molecule has 1 saturated heterocycles. The lowest BCUT2D eigenvalue weighted by Crippen LogP contribution is -2.43. The maximum absolute atomic E-state index is 14.2. The van der Waals surface area contributed by atoms with Crippen LogP contribution in [0, 0.1) is 18.7 Å². The van der Waals surface area contributed by atoms with Gasteiger partial charge in [-0.3, -0.25) is 4.90 Å². The Morgan fingerprint density at radius 1 is 1.32 bits per heavy atom. The Kier molecular flexibility index (Phi) is 6.38. The molecule has 0 saturated carbocycles. The number of benzene rings is 1. The number of likely N-dealkylation sites (tertiary alicyclic amines) is 1. The first-order valence-electron chi connectivity index (χ1n) is 10.4. The van der Waals surface area contributed by atoms with Crippen LogP contribution in [0.15, 0.2) is 18.2 Å². The predicted molar refractivity (Wildman–Crippen MR) is 113 cm³/mol. The van der Waals surface area contributed by atoms with Gasteiger partial charge in [0.15, 0.2) is 0 Å². The first-order chi connectivity index (χ1) is 14.5. The maximum atomic E-state index is 14.2. The van der Waals surface area contributed by atoms with Gasteiger partial charge in [0.1, 0.15) is 28.7 Å². The number of hydrogen-bond donors (Lipinski definition) is 1. The summed E-state index contributed by atoms with van der Waals surface area (Å²) in [7, 11) is 1.29. The Morgan fingerprint density at radius 3 is 2.68 bits per heavy atom. The highest BCUT2D eigenvalue weighted by molar-refractivity contribution is 5.85. The van der Waals surface area contributed by atoms with Gasteiger partial charge in [0.2, 0.25) is 0 Å². The van der Waals surface area contributed by atoms with Gasteiger partial charge < -0.3 is 14.6 Å². The molecule has 0 radical (unpaired) electrons. The van der Waals surface area contributed by atoms with Crippen molar-refractivity contribution >= 4 is 23.0 Å². The molecule has 1 aliphatic heterocycles. The number of esters is 1. The van der Waals surface area contributed by atoms with Gasteiger partial charge in [0.25, 0.3) is 0 Å². The average Bonchev–Trinajstić information content (AvgIpc) is 3.12. The summed E-state index contributed by atoms with van der Waals surface area (Å²) in [6.07, 6.45) is 0.925. The number of hydrogen-bond acceptors (Lipinski definition) is 6. The third kappa shape index (κ3) is 4.89. The average molecular weight is 432 g/mol. The van der Waals surface area contributed by atoms with Gasteiger partial charge in [-0.2, -0.15) is 0 Å². The highest BCUT2D eigenvalue weighted by atomic mass is 19.1. The number of nitrogens with zero attached hydrogens (tertiary/aromatic N) is 2. The van der Waals surface area contributed by atoms with Gasteiger partial charge in [0, 0.05) is 17.5 Å². The summed E-state index contributed by atoms with van der Waals surface area (Å²) in [6, 6.07) is 3.95. The van der Waals surface area contributed by atoms with E-state index in [1.54, 1.807) is 39.8 Å². The van der Waals surface area contributed by atoms with Crippen LogP contribution in [0.4, 0.5) is 9.18 Å². The third-order valence-electron chi connectivity index (χ3n) is 5.51. The van der Waals surface area contributed by atoms with E-state index in [1.807, 2.05) is 0 Å². The van der Waals surface area contributed by atoms with E-state index in [4.69, 9.17) is 9.47 Å². The second-order valence-corrected chi connectivity index (χ2v) is 8.97. The van der Waals surface area contributed by atoms with Crippen molar-refractivity contribution in [2.75, 3.05) is 13.7 Å². The lowest BCUT2D eigenvalue weighted by Gasteiger charge is -2.27. The molecule has 1 amide bonds. The molecule has 0 bridgehead atoms. The highest BCUT2D eigenvalue weighted by Crippen LogP contribution is 2.34. The lowest BCUT2D eigenvalue weighted by molar-refractivity contribution is -0.145. The molecular formula is C23H29FN2O5. The van der Waals surface area contributed by atoms with Crippen molar-refractivity contribution in [1.29, 1.82) is 0 Å². The van der Waals surface area contributed by atoms with E-state index in [0.29, 0.717) is 42.5 Å². The van der Waals surface area contributed by atoms with E-state index in [-0.39, 0.29) is 17.2 Å². The van der Waals surface area contributed by atoms with Crippen molar-refractivity contribution in [3.63, 3.8) is 0 Å². The second-order valence-electron chi connectivity index (χ2n) is 8.97. The van der Waals surface area contributed by atoms with Gasteiger partial charge >= 0.3 is 12.1 Å². The summed E-state index contributed by atoms with van der Waals surface area (Å²) in [5.74, 6) is -0.884. The number of aryl methyl sites for hydroxylation is 2. The van der Waals surface area contributed by atoms with Crippen LogP contribution in [0.2, 0.25) is 0 Å². The molecule has 7 nitrogen and oxygen atoms in total. The number of pyridine rings is 1. The van der Waals surface area contributed by atoms with Gasteiger partial charge in [-0.25, -0.2) is 19.0 Å². The van der Waals surface area contributed by atoms with Crippen LogP contribution in [0.3, 0.4) is 0 Å². The number of ether oxygens (including phenoxy) is 2. The van der Waals surface area contributed by atoms with Gasteiger partial charge in [0.05, 0.1) is 12.8 Å². The van der Waals surface area contributed by atoms with Gasteiger partial charge in [-0.1, -0.05) is 12.1 Å². The normalized spacial score (nSPS) is 19.0. The molecule has 1 aromatic carbocycles. The largest absolute Gasteiger partial charge is 0.506 e. The zero-order valence-electron chi connectivity index (χ0n) is 18.6. The van der Waals surface area contributed by atoms with Crippen molar-refractivity contribution < 1.29 is 28.6 Å². The van der Waals surface area contributed by atoms with Crippen LogP contribution >= 0.6 is 0 Å². The number of carbonyl (C=O) groups excluding carboxylic acids is 2. The standard InChI is InChI=1S/C23H29FN2O5/c1-13-20(27)16(15-7-6-8-17(24)19(15)25-13)10-9-14-11-18(21(28)30-5)26(12-14)22(29)31-23(2,3)4/h6-8,14,18,27H,9-12H2,1-5H3/t14-,18+/m1/s1. The van der Waals surface area contributed by atoms with E-state index >= 15 is 0 Å². The van der Waals surface area contributed by atoms with Gasteiger partial charge in [-0.05, 0) is 58.9 Å². The molecule has 1 N–H and O–H groups in total. The quantitative estimate of drug-likeness (QED) is 0.731. The first kappa shape index (κ1) is 22.8. The zero-order valence-corrected chi connectivity index (χ0v) is 18.6. The van der Waals surface area contributed by atoms with Crippen molar-refractivity contribution in [3.05, 3.63) is 35.3 Å². The fourth-order valence-corrected chi connectivity index (χ4v) is 4.05. The second kappa shape index (κ2) is 8.69. The van der Waals surface area contributed by atoms with Crippen LogP contribution < -0.4 is 0 Å². The van der Waals surface area contributed by atoms with E-state index < -0.39 is 29.5 Å². The molecule has 1 fully saturated rings. The Bertz CT molecular complexity index is 1000. The summed E-state index contributed by atoms with van der Waals surface area (Å²) in [6.45, 7) is 7.28. The maximum Gasteiger partial charge on any atom is 0.411 e. The number of aromatic hydroxyl groups is 1. The SMILES string of the molecule is COC(=O)[C@@H]1C[C@@H](CCc2c(O)c(C)nc3c(F)cccc23)CN1C(=O)OC(C)(C)C. The summed E-state index contributed by atoms with van der Waals surface area (Å²) < 4.78 is 24.6. The van der Waals surface area contributed by atoms with Crippen LogP contribution in [0.5, 0.6) is 5.75 Å². The molecule has 8 heteroatoms. The van der Waals surface area contributed by atoms with Crippen molar-refractivity contribution in [2.24, 2.45) is 5.92 Å². The number of halogens is 1. The number of rotatable bonds is 4. The van der Waals surface area contributed by atoms with Crippen molar-refractivity contribution in [3.8, 4) is 5.75 Å². The molecular weight excluding hydrogens is 403 g/mol. The van der Waals surface area contributed by atoms with Crippen molar-refractivity contribution in [1.82, 2.24) is 9.88 Å². The number of para-hydroxylation sites is 1. The van der Waals surface area contributed by atoms with E-state index in [0.717, 1.165) is 0 Å². The molecule has 0 spiro atoms. The molecule has 2 heterocycles. The monoisotopic (exact) mass is 432 g/mol. The number of methoxy groups -OCH3 is 1. The summed E-state index contributed by atoms with van der Waals surface area (Å²) in [4.78, 5) is 30.5. The minimum atomic E-state index is -0.716. The molecule has 0 unspecified atom stereocenters. The fourth-order valence-electron chi connectivity index (χ4n) is 4.05. The molecule has 31 heavy (non-hydrogen) atoms. The number of amides is 1. The Balaban J connectivity index is 1.81. The number of aromatic nitrogens is 1. The minimum Gasteiger partial charge on any atom is -0.506 e. The summed E-state index contributed by atoms with van der Waals surface area (Å²) >= 11 is 0. The summed E-state index contributed by atoms with van der Waals surface area (Å²) in [5, 5.41) is 11.1. The van der Waals surface area contributed by atoms with Crippen LogP contribution in [-0.4, -0.2) is 52.4 Å². The van der Waals surface area contributed by atoms with Crippen LogP contribution in [0.25, 0.3) is 10.9 Å². The molecule has 3 rings (SSSR count). The Labute approximate surface area is 181 Å². The van der Waals surface area contributed by atoms with E-state index in [9.17, 15) is 19.1 Å². The van der Waals surface area contributed by atoms with Gasteiger partial charge in [-0.15, -0.1) is 0 Å². The molecule has 2 atom stereocenters. The lowest BCUT2D eigenvalue weighted by atomic mass is 9.94. The highest BCUT2D eigenvalue weighted by Gasteiger charge is 2.42. The molecule has 2 aromatic rings. The smallest absolute Gasteiger partial charge is 0.411 e. The first-order valence-corrected chi connectivity index (χ1v) is 10.4. The third-order valence-corrected chi connectivity index (χ3v) is 5.51. The fraction of sp³-hybridized carbons (Fsp3) is 0.522. The molecule has 1 aromatic heterocycles. The zero-order chi connectivity index (χ0) is 22.9. The number of fused-ring (bicyclic) bond motifs is 1. The molecule has 168 valence electrons. The molecule has 0 aliphatic carbocycles. The predicted octanol–water partition coefficient (Wildman–Crippen LogP) is 4.12. The number of carbonyl (C=O) groups is 2. The van der Waals surface area contributed by atoms with Crippen LogP contribution in [0.1, 0.15) is 44.9 Å². The topological polar surface area (TPSA) is 89.0 Å². The van der Waals surface area contributed by atoms with Crippen molar-refractivity contribution in [2.45, 2.75) is 58.6 Å². The Morgan fingerprint density at radius 2 is 2.03 bits per heavy atom. The van der Waals surface area contributed by atoms with E-state index in [2.05, 4.69) is 4.98 Å². The Hall–Kier alpha value is -2.90. The van der Waals surface area contributed by atoms with E-state index in [1.165, 1.54) is 18.1 Å².